The Kier molecular flexibility index (Phi) is 2.11. The highest BCUT2D eigenvalue weighted by Crippen LogP contribution is 2.25. The van der Waals surface area contributed by atoms with Crippen molar-refractivity contribution in [3.05, 3.63) is 33.8 Å². The predicted octanol–water partition coefficient (Wildman–Crippen LogP) is 2.71. The van der Waals surface area contributed by atoms with Crippen molar-refractivity contribution in [3.63, 3.8) is 0 Å². The Balaban J connectivity index is 0.000000500. The standard InChI is InChI=1S/C8H7Br.H3N/c9-8-4-3-6-1-2-7(6)5-8;/h3-5H,1-2H2;1H3. The molecule has 0 aliphatic heterocycles. The fourth-order valence-corrected chi connectivity index (χ4v) is 1.57. The Morgan fingerprint density at radius 2 is 1.80 bits per heavy atom. The zero-order valence-electron chi connectivity index (χ0n) is 5.73. The Labute approximate surface area is 69.2 Å². The Morgan fingerprint density at radius 3 is 2.20 bits per heavy atom. The number of halogens is 1. The van der Waals surface area contributed by atoms with Gasteiger partial charge in [0, 0.05) is 4.47 Å². The third kappa shape index (κ3) is 1.09. The van der Waals surface area contributed by atoms with Gasteiger partial charge in [-0.2, -0.15) is 0 Å². The monoisotopic (exact) mass is 199 g/mol. The van der Waals surface area contributed by atoms with Crippen molar-refractivity contribution < 1.29 is 0 Å². The minimum Gasteiger partial charge on any atom is -0.344 e. The quantitative estimate of drug-likeness (QED) is 0.686. The topological polar surface area (TPSA) is 35.0 Å². The third-order valence-corrected chi connectivity index (χ3v) is 2.33. The summed E-state index contributed by atoms with van der Waals surface area (Å²) in [6, 6.07) is 6.51. The molecular formula is C8H10BrN. The lowest BCUT2D eigenvalue weighted by Gasteiger charge is -2.17. The van der Waals surface area contributed by atoms with Crippen molar-refractivity contribution in [1.29, 1.82) is 0 Å². The van der Waals surface area contributed by atoms with Crippen LogP contribution >= 0.6 is 15.9 Å². The second kappa shape index (κ2) is 2.72. The highest BCUT2D eigenvalue weighted by Gasteiger charge is 2.11. The molecule has 2 heteroatoms. The Hall–Kier alpha value is -0.340. The van der Waals surface area contributed by atoms with Gasteiger partial charge in [0.05, 0.1) is 0 Å². The molecule has 1 nitrogen and oxygen atoms in total. The van der Waals surface area contributed by atoms with Crippen molar-refractivity contribution in [1.82, 2.24) is 6.15 Å². The molecule has 0 radical (unpaired) electrons. The van der Waals surface area contributed by atoms with Gasteiger partial charge < -0.3 is 6.15 Å². The normalized spacial score (nSPS) is 12.9. The Bertz CT molecular complexity index is 245. The van der Waals surface area contributed by atoms with Crippen LogP contribution in [0.15, 0.2) is 22.7 Å². The maximum absolute atomic E-state index is 3.43. The van der Waals surface area contributed by atoms with Crippen molar-refractivity contribution in [2.24, 2.45) is 0 Å². The molecule has 0 atom stereocenters. The SMILES string of the molecule is Brc1ccc2c(c1)CC2.N. The molecule has 0 fully saturated rings. The first-order chi connectivity index (χ1) is 4.36. The average Bonchev–Trinajstić information content (AvgIpc) is 1.78. The summed E-state index contributed by atoms with van der Waals surface area (Å²) in [6.07, 6.45) is 2.55. The summed E-state index contributed by atoms with van der Waals surface area (Å²) in [5.41, 5.74) is 3.04. The number of fused-ring (bicyclic) bond motifs is 1. The number of hydrogen-bond donors (Lipinski definition) is 1. The van der Waals surface area contributed by atoms with Gasteiger partial charge in [-0.1, -0.05) is 22.0 Å². The fraction of sp³-hybridized carbons (Fsp3) is 0.250. The molecule has 0 unspecified atom stereocenters. The highest BCUT2D eigenvalue weighted by atomic mass is 79.9. The molecule has 0 amide bonds. The fourth-order valence-electron chi connectivity index (χ4n) is 1.16. The van der Waals surface area contributed by atoms with Crippen LogP contribution in [-0.4, -0.2) is 0 Å². The van der Waals surface area contributed by atoms with E-state index < -0.39 is 0 Å². The van der Waals surface area contributed by atoms with Crippen molar-refractivity contribution in [2.75, 3.05) is 0 Å². The number of rotatable bonds is 0. The minimum atomic E-state index is 0. The molecule has 10 heavy (non-hydrogen) atoms. The number of aryl methyl sites for hydroxylation is 2. The van der Waals surface area contributed by atoms with Gasteiger partial charge in [0.25, 0.3) is 0 Å². The first-order valence-electron chi connectivity index (χ1n) is 3.13. The van der Waals surface area contributed by atoms with Crippen LogP contribution in [0.5, 0.6) is 0 Å². The van der Waals surface area contributed by atoms with E-state index in [0.717, 1.165) is 0 Å². The van der Waals surface area contributed by atoms with E-state index in [1.807, 2.05) is 0 Å². The largest absolute Gasteiger partial charge is 0.344 e. The summed E-state index contributed by atoms with van der Waals surface area (Å²) < 4.78 is 1.21. The van der Waals surface area contributed by atoms with Crippen molar-refractivity contribution >= 4 is 15.9 Å². The molecule has 0 spiro atoms. The van der Waals surface area contributed by atoms with E-state index in [0.29, 0.717) is 0 Å². The van der Waals surface area contributed by atoms with E-state index in [1.54, 1.807) is 0 Å². The molecule has 0 bridgehead atoms. The van der Waals surface area contributed by atoms with Crippen LogP contribution in [0, 0.1) is 0 Å². The molecule has 0 saturated carbocycles. The molecule has 0 aromatic heterocycles. The molecule has 0 saturated heterocycles. The van der Waals surface area contributed by atoms with Crippen molar-refractivity contribution in [2.45, 2.75) is 12.8 Å². The molecule has 1 aromatic rings. The van der Waals surface area contributed by atoms with Crippen LogP contribution < -0.4 is 6.15 Å². The summed E-state index contributed by atoms with van der Waals surface area (Å²) in [5, 5.41) is 0. The van der Waals surface area contributed by atoms with Gasteiger partial charge in [-0.05, 0) is 36.1 Å². The highest BCUT2D eigenvalue weighted by molar-refractivity contribution is 9.10. The molecule has 0 heterocycles. The maximum atomic E-state index is 3.43. The lowest BCUT2D eigenvalue weighted by molar-refractivity contribution is 0.838. The van der Waals surface area contributed by atoms with Crippen molar-refractivity contribution in [3.8, 4) is 0 Å². The van der Waals surface area contributed by atoms with E-state index in [4.69, 9.17) is 0 Å². The molecule has 3 N–H and O–H groups in total. The summed E-state index contributed by atoms with van der Waals surface area (Å²) in [6.45, 7) is 0. The predicted molar refractivity (Wildman–Crippen MR) is 46.6 cm³/mol. The number of hydrogen-bond acceptors (Lipinski definition) is 1. The first kappa shape index (κ1) is 7.76. The van der Waals surface area contributed by atoms with Crippen LogP contribution in [0.2, 0.25) is 0 Å². The van der Waals surface area contributed by atoms with Gasteiger partial charge in [0.15, 0.2) is 0 Å². The average molecular weight is 200 g/mol. The Morgan fingerprint density at radius 1 is 1.10 bits per heavy atom. The van der Waals surface area contributed by atoms with Crippen LogP contribution in [0.25, 0.3) is 0 Å². The summed E-state index contributed by atoms with van der Waals surface area (Å²) in [5.74, 6) is 0. The molecule has 2 rings (SSSR count). The van der Waals surface area contributed by atoms with E-state index in [9.17, 15) is 0 Å². The lowest BCUT2D eigenvalue weighted by Crippen LogP contribution is -2.06. The molecule has 1 aromatic carbocycles. The van der Waals surface area contributed by atoms with E-state index in [1.165, 1.54) is 28.4 Å². The third-order valence-electron chi connectivity index (χ3n) is 1.83. The first-order valence-corrected chi connectivity index (χ1v) is 3.93. The molecule has 1 aliphatic rings. The second-order valence-corrected chi connectivity index (χ2v) is 3.33. The molecule has 1 aliphatic carbocycles. The zero-order valence-corrected chi connectivity index (χ0v) is 7.32. The van der Waals surface area contributed by atoms with Gasteiger partial charge in [-0.25, -0.2) is 0 Å². The van der Waals surface area contributed by atoms with Gasteiger partial charge in [0.1, 0.15) is 0 Å². The zero-order chi connectivity index (χ0) is 6.27. The second-order valence-electron chi connectivity index (χ2n) is 2.41. The van der Waals surface area contributed by atoms with Crippen LogP contribution in [0.4, 0.5) is 0 Å². The van der Waals surface area contributed by atoms with E-state index in [-0.39, 0.29) is 6.15 Å². The van der Waals surface area contributed by atoms with Crippen LogP contribution in [0.3, 0.4) is 0 Å². The summed E-state index contributed by atoms with van der Waals surface area (Å²) >= 11 is 3.43. The lowest BCUT2D eigenvalue weighted by atomic mass is 9.89. The number of benzene rings is 1. The smallest absolute Gasteiger partial charge is 0.0178 e. The molecule has 54 valence electrons. The van der Waals surface area contributed by atoms with Gasteiger partial charge in [-0.3, -0.25) is 0 Å². The maximum Gasteiger partial charge on any atom is 0.0178 e. The van der Waals surface area contributed by atoms with Gasteiger partial charge >= 0.3 is 0 Å². The van der Waals surface area contributed by atoms with E-state index in [2.05, 4.69) is 34.1 Å². The summed E-state index contributed by atoms with van der Waals surface area (Å²) in [4.78, 5) is 0. The van der Waals surface area contributed by atoms with Crippen LogP contribution in [0.1, 0.15) is 11.1 Å². The minimum absolute atomic E-state index is 0. The van der Waals surface area contributed by atoms with Gasteiger partial charge in [0.2, 0.25) is 0 Å². The molecular weight excluding hydrogens is 190 g/mol. The summed E-state index contributed by atoms with van der Waals surface area (Å²) in [7, 11) is 0. The van der Waals surface area contributed by atoms with Gasteiger partial charge in [-0.15, -0.1) is 0 Å². The van der Waals surface area contributed by atoms with E-state index >= 15 is 0 Å². The van der Waals surface area contributed by atoms with Crippen LogP contribution in [-0.2, 0) is 12.8 Å².